The Balaban J connectivity index is 2.41. The number of nitrogens with two attached hydrogens (primary N) is 1. The van der Waals surface area contributed by atoms with E-state index in [0.717, 1.165) is 0 Å². The van der Waals surface area contributed by atoms with Crippen LogP contribution in [0, 0.1) is 0 Å². The molecule has 0 bridgehead atoms. The van der Waals surface area contributed by atoms with Crippen molar-refractivity contribution < 1.29 is 9.53 Å². The van der Waals surface area contributed by atoms with Crippen molar-refractivity contribution in [1.82, 2.24) is 4.98 Å². The normalized spacial score (nSPS) is 9.94. The number of aromatic nitrogens is 1. The van der Waals surface area contributed by atoms with Gasteiger partial charge in [0.25, 0.3) is 0 Å². The minimum atomic E-state index is -0.122. The Hall–Kier alpha value is -2.36. The highest BCUT2D eigenvalue weighted by atomic mass is 16.5. The average molecular weight is 228 g/mol. The molecule has 1 aromatic carbocycles. The van der Waals surface area contributed by atoms with Gasteiger partial charge < -0.3 is 10.5 Å². The molecule has 86 valence electrons. The third-order valence-electron chi connectivity index (χ3n) is 2.35. The Kier molecular flexibility index (Phi) is 3.05. The van der Waals surface area contributed by atoms with Crippen LogP contribution in [0.4, 0.5) is 5.69 Å². The van der Waals surface area contributed by atoms with Crippen LogP contribution in [0.5, 0.6) is 5.75 Å². The maximum Gasteiger partial charge on any atom is 0.194 e. The van der Waals surface area contributed by atoms with E-state index >= 15 is 0 Å². The molecule has 2 N–H and O–H groups in total. The van der Waals surface area contributed by atoms with Crippen LogP contribution in [0.25, 0.3) is 0 Å². The highest BCUT2D eigenvalue weighted by molar-refractivity contribution is 6.09. The van der Waals surface area contributed by atoms with Gasteiger partial charge in [-0.05, 0) is 24.3 Å². The highest BCUT2D eigenvalue weighted by Crippen LogP contribution is 2.20. The number of hydrogen-bond acceptors (Lipinski definition) is 4. The van der Waals surface area contributed by atoms with Gasteiger partial charge in [0.05, 0.1) is 7.11 Å². The number of methoxy groups -OCH3 is 1. The van der Waals surface area contributed by atoms with E-state index in [2.05, 4.69) is 4.98 Å². The van der Waals surface area contributed by atoms with Crippen molar-refractivity contribution in [2.24, 2.45) is 0 Å². The zero-order valence-electron chi connectivity index (χ0n) is 9.38. The topological polar surface area (TPSA) is 65.2 Å². The first-order valence-corrected chi connectivity index (χ1v) is 5.10. The molecular formula is C13H12N2O2. The van der Waals surface area contributed by atoms with Gasteiger partial charge >= 0.3 is 0 Å². The Morgan fingerprint density at radius 2 is 2.12 bits per heavy atom. The molecule has 0 aliphatic rings. The van der Waals surface area contributed by atoms with Crippen LogP contribution < -0.4 is 10.5 Å². The summed E-state index contributed by atoms with van der Waals surface area (Å²) >= 11 is 0. The Labute approximate surface area is 99.1 Å². The zero-order valence-corrected chi connectivity index (χ0v) is 9.38. The first-order chi connectivity index (χ1) is 8.20. The summed E-state index contributed by atoms with van der Waals surface area (Å²) in [4.78, 5) is 16.0. The molecule has 0 saturated carbocycles. The van der Waals surface area contributed by atoms with E-state index in [9.17, 15) is 4.79 Å². The molecule has 1 aromatic heterocycles. The number of nitrogens with zero attached hydrogens (tertiary/aromatic N) is 1. The lowest BCUT2D eigenvalue weighted by atomic mass is 10.0. The van der Waals surface area contributed by atoms with E-state index in [4.69, 9.17) is 10.5 Å². The van der Waals surface area contributed by atoms with Crippen molar-refractivity contribution >= 4 is 11.5 Å². The molecule has 17 heavy (non-hydrogen) atoms. The van der Waals surface area contributed by atoms with Gasteiger partial charge in [-0.25, -0.2) is 0 Å². The number of carbonyl (C=O) groups is 1. The second-order valence-electron chi connectivity index (χ2n) is 3.57. The number of carbonyl (C=O) groups excluding carboxylic acids is 1. The first-order valence-electron chi connectivity index (χ1n) is 5.10. The number of nitrogen functional groups attached to an aromatic ring is 1. The van der Waals surface area contributed by atoms with Gasteiger partial charge in [-0.3, -0.25) is 9.78 Å². The van der Waals surface area contributed by atoms with E-state index in [1.807, 2.05) is 0 Å². The lowest BCUT2D eigenvalue weighted by molar-refractivity contribution is 0.103. The van der Waals surface area contributed by atoms with Crippen LogP contribution >= 0.6 is 0 Å². The van der Waals surface area contributed by atoms with Crippen LogP contribution in [0.3, 0.4) is 0 Å². The summed E-state index contributed by atoms with van der Waals surface area (Å²) in [5, 5.41) is 0. The SMILES string of the molecule is COc1cc(N)cc(C(=O)c2cccnc2)c1. The Morgan fingerprint density at radius 1 is 1.29 bits per heavy atom. The minimum absolute atomic E-state index is 0.122. The van der Waals surface area contributed by atoms with Gasteiger partial charge in [0.2, 0.25) is 0 Å². The average Bonchev–Trinajstić information content (AvgIpc) is 2.38. The quantitative estimate of drug-likeness (QED) is 0.643. The van der Waals surface area contributed by atoms with Crippen LogP contribution in [-0.2, 0) is 0 Å². The molecule has 2 rings (SSSR count). The van der Waals surface area contributed by atoms with Crippen LogP contribution in [-0.4, -0.2) is 17.9 Å². The first kappa shape index (κ1) is 11.1. The minimum Gasteiger partial charge on any atom is -0.497 e. The summed E-state index contributed by atoms with van der Waals surface area (Å²) in [5.74, 6) is 0.445. The number of ether oxygens (including phenoxy) is 1. The van der Waals surface area contributed by atoms with E-state index in [0.29, 0.717) is 22.6 Å². The van der Waals surface area contributed by atoms with E-state index < -0.39 is 0 Å². The molecule has 0 spiro atoms. The highest BCUT2D eigenvalue weighted by Gasteiger charge is 2.10. The molecule has 0 aliphatic carbocycles. The molecule has 0 aliphatic heterocycles. The number of benzene rings is 1. The maximum atomic E-state index is 12.1. The number of hydrogen-bond donors (Lipinski definition) is 1. The molecule has 0 fully saturated rings. The van der Waals surface area contributed by atoms with Gasteiger partial charge in [0.15, 0.2) is 5.78 Å². The zero-order chi connectivity index (χ0) is 12.3. The molecular weight excluding hydrogens is 216 g/mol. The number of anilines is 1. The molecule has 1 heterocycles. The smallest absolute Gasteiger partial charge is 0.194 e. The molecule has 2 aromatic rings. The van der Waals surface area contributed by atoms with Crippen LogP contribution in [0.1, 0.15) is 15.9 Å². The van der Waals surface area contributed by atoms with Gasteiger partial charge in [-0.15, -0.1) is 0 Å². The summed E-state index contributed by atoms with van der Waals surface area (Å²) in [6.07, 6.45) is 3.15. The Bertz CT molecular complexity index is 538. The fourth-order valence-corrected chi connectivity index (χ4v) is 1.53. The van der Waals surface area contributed by atoms with Gasteiger partial charge in [-0.1, -0.05) is 0 Å². The van der Waals surface area contributed by atoms with Crippen molar-refractivity contribution in [1.29, 1.82) is 0 Å². The van der Waals surface area contributed by atoms with Crippen LogP contribution in [0.2, 0.25) is 0 Å². The maximum absolute atomic E-state index is 12.1. The van der Waals surface area contributed by atoms with Crippen molar-refractivity contribution in [3.05, 3.63) is 53.9 Å². The van der Waals surface area contributed by atoms with Crippen molar-refractivity contribution in [3.63, 3.8) is 0 Å². The summed E-state index contributed by atoms with van der Waals surface area (Å²) in [6, 6.07) is 8.38. The second-order valence-corrected chi connectivity index (χ2v) is 3.57. The van der Waals surface area contributed by atoms with Crippen molar-refractivity contribution in [3.8, 4) is 5.75 Å². The van der Waals surface area contributed by atoms with Crippen molar-refractivity contribution in [2.75, 3.05) is 12.8 Å². The third kappa shape index (κ3) is 2.42. The number of ketones is 1. The summed E-state index contributed by atoms with van der Waals surface area (Å²) in [6.45, 7) is 0. The Morgan fingerprint density at radius 3 is 2.76 bits per heavy atom. The summed E-state index contributed by atoms with van der Waals surface area (Å²) in [5.41, 5.74) is 7.22. The molecule has 0 amide bonds. The molecule has 4 heteroatoms. The summed E-state index contributed by atoms with van der Waals surface area (Å²) in [7, 11) is 1.53. The fraction of sp³-hybridized carbons (Fsp3) is 0.0769. The third-order valence-corrected chi connectivity index (χ3v) is 2.35. The fourth-order valence-electron chi connectivity index (χ4n) is 1.53. The monoisotopic (exact) mass is 228 g/mol. The van der Waals surface area contributed by atoms with Crippen LogP contribution in [0.15, 0.2) is 42.7 Å². The largest absolute Gasteiger partial charge is 0.497 e. The molecule has 0 saturated heterocycles. The number of pyridine rings is 1. The van der Waals surface area contributed by atoms with Crippen molar-refractivity contribution in [2.45, 2.75) is 0 Å². The molecule has 0 atom stereocenters. The summed E-state index contributed by atoms with van der Waals surface area (Å²) < 4.78 is 5.07. The van der Waals surface area contributed by atoms with E-state index in [1.54, 1.807) is 36.5 Å². The predicted octanol–water partition coefficient (Wildman–Crippen LogP) is 1.90. The van der Waals surface area contributed by atoms with Gasteiger partial charge in [-0.2, -0.15) is 0 Å². The molecule has 0 radical (unpaired) electrons. The molecule has 0 unspecified atom stereocenters. The lowest BCUT2D eigenvalue weighted by Crippen LogP contribution is -2.03. The van der Waals surface area contributed by atoms with E-state index in [1.165, 1.54) is 13.3 Å². The van der Waals surface area contributed by atoms with Gasteiger partial charge in [0, 0.05) is 35.3 Å². The standard InChI is InChI=1S/C13H12N2O2/c1-17-12-6-10(5-11(14)7-12)13(16)9-3-2-4-15-8-9/h2-8H,14H2,1H3. The predicted molar refractivity (Wildman–Crippen MR) is 65.1 cm³/mol. The van der Waals surface area contributed by atoms with E-state index in [-0.39, 0.29) is 5.78 Å². The van der Waals surface area contributed by atoms with Gasteiger partial charge in [0.1, 0.15) is 5.75 Å². The molecule has 4 nitrogen and oxygen atoms in total. The number of rotatable bonds is 3. The lowest BCUT2D eigenvalue weighted by Gasteiger charge is -2.05. The second kappa shape index (κ2) is 4.65.